The largest absolute Gasteiger partial charge is 0.497 e. The third-order valence-corrected chi connectivity index (χ3v) is 5.16. The summed E-state index contributed by atoms with van der Waals surface area (Å²) in [6.45, 7) is 0. The van der Waals surface area contributed by atoms with Crippen LogP contribution in [0.5, 0.6) is 11.5 Å². The molecule has 0 saturated heterocycles. The molecule has 2 aromatic carbocycles. The van der Waals surface area contributed by atoms with Crippen LogP contribution >= 0.6 is 11.3 Å². The van der Waals surface area contributed by atoms with E-state index in [0.29, 0.717) is 38.2 Å². The SMILES string of the molecule is COc1ccc2c(=O)cc(-c3sc(Nc4ccccc4OC)nc3N)oc2c1. The van der Waals surface area contributed by atoms with E-state index < -0.39 is 0 Å². The Kier molecular flexibility index (Phi) is 4.62. The molecule has 3 N–H and O–H groups in total. The Balaban J connectivity index is 1.75. The highest BCUT2D eigenvalue weighted by atomic mass is 32.1. The van der Waals surface area contributed by atoms with Gasteiger partial charge >= 0.3 is 0 Å². The van der Waals surface area contributed by atoms with Crippen molar-refractivity contribution in [1.82, 2.24) is 4.98 Å². The summed E-state index contributed by atoms with van der Waals surface area (Å²) in [5.74, 6) is 1.91. The highest BCUT2D eigenvalue weighted by Gasteiger charge is 2.16. The summed E-state index contributed by atoms with van der Waals surface area (Å²) in [5.41, 5.74) is 7.11. The number of para-hydroxylation sites is 2. The van der Waals surface area contributed by atoms with Crippen molar-refractivity contribution in [3.63, 3.8) is 0 Å². The third kappa shape index (κ3) is 3.25. The van der Waals surface area contributed by atoms with Crippen molar-refractivity contribution in [2.45, 2.75) is 0 Å². The molecule has 0 amide bonds. The lowest BCUT2D eigenvalue weighted by Crippen LogP contribution is -2.00. The normalized spacial score (nSPS) is 10.8. The molecule has 0 atom stereocenters. The van der Waals surface area contributed by atoms with Crippen LogP contribution in [0, 0.1) is 0 Å². The molecule has 7 nitrogen and oxygen atoms in total. The van der Waals surface area contributed by atoms with Crippen LogP contribution in [0.2, 0.25) is 0 Å². The van der Waals surface area contributed by atoms with E-state index in [2.05, 4.69) is 10.3 Å². The molecule has 0 aliphatic heterocycles. The molecule has 4 rings (SSSR count). The van der Waals surface area contributed by atoms with E-state index in [1.54, 1.807) is 32.4 Å². The summed E-state index contributed by atoms with van der Waals surface area (Å²) in [6.07, 6.45) is 0. The van der Waals surface area contributed by atoms with Crippen LogP contribution in [0.1, 0.15) is 0 Å². The molecule has 2 heterocycles. The summed E-state index contributed by atoms with van der Waals surface area (Å²) in [7, 11) is 3.15. The number of nitrogens with zero attached hydrogens (tertiary/aromatic N) is 1. The fraction of sp³-hybridized carbons (Fsp3) is 0.100. The Morgan fingerprint density at radius 1 is 1.11 bits per heavy atom. The minimum atomic E-state index is -0.161. The van der Waals surface area contributed by atoms with Gasteiger partial charge < -0.3 is 24.9 Å². The van der Waals surface area contributed by atoms with Crippen molar-refractivity contribution in [1.29, 1.82) is 0 Å². The van der Waals surface area contributed by atoms with Gasteiger partial charge in [0.25, 0.3) is 0 Å². The average Bonchev–Trinajstić information content (AvgIpc) is 3.08. The van der Waals surface area contributed by atoms with Gasteiger partial charge in [0, 0.05) is 12.1 Å². The summed E-state index contributed by atoms with van der Waals surface area (Å²) < 4.78 is 16.5. The fourth-order valence-electron chi connectivity index (χ4n) is 2.80. The molecule has 0 aliphatic carbocycles. The Bertz CT molecular complexity index is 1220. The van der Waals surface area contributed by atoms with Crippen molar-refractivity contribution in [2.75, 3.05) is 25.3 Å². The summed E-state index contributed by atoms with van der Waals surface area (Å²) >= 11 is 1.29. The van der Waals surface area contributed by atoms with Crippen LogP contribution in [0.3, 0.4) is 0 Å². The van der Waals surface area contributed by atoms with Gasteiger partial charge in [-0.05, 0) is 24.3 Å². The molecule has 0 spiro atoms. The number of nitrogens with two attached hydrogens (primary N) is 1. The summed E-state index contributed by atoms with van der Waals surface area (Å²) in [4.78, 5) is 17.4. The highest BCUT2D eigenvalue weighted by Crippen LogP contribution is 2.38. The van der Waals surface area contributed by atoms with Crippen LogP contribution in [0.25, 0.3) is 21.6 Å². The molecule has 4 aromatic rings. The number of anilines is 3. The van der Waals surface area contributed by atoms with Gasteiger partial charge in [-0.2, -0.15) is 0 Å². The monoisotopic (exact) mass is 395 g/mol. The van der Waals surface area contributed by atoms with Crippen LogP contribution in [0.4, 0.5) is 16.6 Å². The first-order chi connectivity index (χ1) is 13.6. The van der Waals surface area contributed by atoms with Gasteiger partial charge in [-0.25, -0.2) is 4.98 Å². The van der Waals surface area contributed by atoms with Crippen molar-refractivity contribution in [3.8, 4) is 22.1 Å². The maximum absolute atomic E-state index is 12.5. The van der Waals surface area contributed by atoms with Crippen LogP contribution in [-0.4, -0.2) is 19.2 Å². The minimum absolute atomic E-state index is 0.161. The first-order valence-corrected chi connectivity index (χ1v) is 9.19. The molecule has 0 unspecified atom stereocenters. The van der Waals surface area contributed by atoms with Crippen molar-refractivity contribution >= 4 is 38.9 Å². The lowest BCUT2D eigenvalue weighted by molar-refractivity contribution is 0.414. The van der Waals surface area contributed by atoms with E-state index >= 15 is 0 Å². The average molecular weight is 395 g/mol. The van der Waals surface area contributed by atoms with E-state index in [4.69, 9.17) is 19.6 Å². The lowest BCUT2D eigenvalue weighted by Gasteiger charge is -2.07. The Hall–Kier alpha value is -3.52. The molecule has 142 valence electrons. The van der Waals surface area contributed by atoms with Crippen molar-refractivity contribution < 1.29 is 13.9 Å². The minimum Gasteiger partial charge on any atom is -0.497 e. The first kappa shape index (κ1) is 17.9. The molecule has 0 bridgehead atoms. The van der Waals surface area contributed by atoms with Gasteiger partial charge in [0.15, 0.2) is 16.3 Å². The number of ether oxygens (including phenoxy) is 2. The number of thiazole rings is 1. The Morgan fingerprint density at radius 3 is 2.71 bits per heavy atom. The Morgan fingerprint density at radius 2 is 1.93 bits per heavy atom. The van der Waals surface area contributed by atoms with Gasteiger partial charge in [-0.15, -0.1) is 0 Å². The van der Waals surface area contributed by atoms with Gasteiger partial charge in [0.2, 0.25) is 0 Å². The van der Waals surface area contributed by atoms with E-state index in [9.17, 15) is 4.79 Å². The molecule has 8 heteroatoms. The van der Waals surface area contributed by atoms with E-state index in [0.717, 1.165) is 5.69 Å². The second kappa shape index (κ2) is 7.24. The number of benzene rings is 2. The molecule has 28 heavy (non-hydrogen) atoms. The smallest absolute Gasteiger partial charge is 0.193 e. The van der Waals surface area contributed by atoms with Crippen molar-refractivity contribution in [3.05, 3.63) is 58.8 Å². The fourth-order valence-corrected chi connectivity index (χ4v) is 3.65. The first-order valence-electron chi connectivity index (χ1n) is 8.37. The van der Waals surface area contributed by atoms with E-state index in [1.165, 1.54) is 17.4 Å². The third-order valence-electron chi connectivity index (χ3n) is 4.16. The van der Waals surface area contributed by atoms with Gasteiger partial charge in [0.1, 0.15) is 27.8 Å². The van der Waals surface area contributed by atoms with Crippen LogP contribution in [-0.2, 0) is 0 Å². The number of fused-ring (bicyclic) bond motifs is 1. The van der Waals surface area contributed by atoms with Crippen LogP contribution < -0.4 is 26.0 Å². The lowest BCUT2D eigenvalue weighted by atomic mass is 10.2. The van der Waals surface area contributed by atoms with Crippen LogP contribution in [0.15, 0.2) is 57.7 Å². The molecular formula is C20H17N3O4S. The molecule has 0 aliphatic rings. The number of hydrogen-bond donors (Lipinski definition) is 2. The Labute approximate surface area is 164 Å². The predicted molar refractivity (Wildman–Crippen MR) is 111 cm³/mol. The van der Waals surface area contributed by atoms with Gasteiger partial charge in [0.05, 0.1) is 25.3 Å². The standard InChI is InChI=1S/C20H17N3O4S/c1-25-11-7-8-12-14(24)10-17(27-16(12)9-11)18-19(21)23-20(28-18)22-13-5-3-4-6-15(13)26-2/h3-10H,21H2,1-2H3,(H,22,23). The second-order valence-electron chi connectivity index (χ2n) is 5.90. The molecular weight excluding hydrogens is 378 g/mol. The number of nitrogens with one attached hydrogen (secondary N) is 1. The molecule has 2 aromatic heterocycles. The molecule has 0 fully saturated rings. The van der Waals surface area contributed by atoms with Gasteiger partial charge in [-0.1, -0.05) is 23.5 Å². The number of methoxy groups -OCH3 is 2. The maximum Gasteiger partial charge on any atom is 0.193 e. The number of nitrogen functional groups attached to an aromatic ring is 1. The summed E-state index contributed by atoms with van der Waals surface area (Å²) in [5, 5.41) is 4.22. The topological polar surface area (TPSA) is 99.6 Å². The highest BCUT2D eigenvalue weighted by molar-refractivity contribution is 7.19. The zero-order valence-electron chi connectivity index (χ0n) is 15.2. The zero-order chi connectivity index (χ0) is 19.7. The quantitative estimate of drug-likeness (QED) is 0.521. The van der Waals surface area contributed by atoms with E-state index in [1.807, 2.05) is 24.3 Å². The number of hydrogen-bond acceptors (Lipinski definition) is 8. The maximum atomic E-state index is 12.5. The van der Waals surface area contributed by atoms with Crippen molar-refractivity contribution in [2.24, 2.45) is 0 Å². The molecule has 0 radical (unpaired) electrons. The summed E-state index contributed by atoms with van der Waals surface area (Å²) in [6, 6.07) is 14.0. The van der Waals surface area contributed by atoms with E-state index in [-0.39, 0.29) is 11.2 Å². The molecule has 0 saturated carbocycles. The number of aromatic nitrogens is 1. The zero-order valence-corrected chi connectivity index (χ0v) is 16.0. The number of rotatable bonds is 5. The predicted octanol–water partition coefficient (Wildman–Crippen LogP) is 4.26. The second-order valence-corrected chi connectivity index (χ2v) is 6.89. The van der Waals surface area contributed by atoms with Gasteiger partial charge in [-0.3, -0.25) is 4.79 Å².